The zero-order valence-corrected chi connectivity index (χ0v) is 33.9. The maximum Gasteiger partial charge on any atom is 0.410 e. The van der Waals surface area contributed by atoms with Crippen molar-refractivity contribution >= 4 is 58.5 Å². The minimum Gasteiger partial charge on any atom is -0.485 e. The molecule has 290 valence electrons. The second-order valence-corrected chi connectivity index (χ2v) is 16.9. The molecular weight excluding hydrogens is 749 g/mol. The van der Waals surface area contributed by atoms with Crippen LogP contribution in [0.5, 0.6) is 5.75 Å². The number of anilines is 1. The van der Waals surface area contributed by atoms with Gasteiger partial charge in [-0.2, -0.15) is 0 Å². The Hall–Kier alpha value is -3.73. The number of pyridine rings is 1. The normalized spacial score (nSPS) is 20.1. The summed E-state index contributed by atoms with van der Waals surface area (Å²) in [7, 11) is 0. The quantitative estimate of drug-likeness (QED) is 0.209. The summed E-state index contributed by atoms with van der Waals surface area (Å²) in [5.74, 6) is 0.536. The van der Waals surface area contributed by atoms with Gasteiger partial charge in [-0.25, -0.2) is 9.78 Å². The van der Waals surface area contributed by atoms with E-state index in [9.17, 15) is 14.4 Å². The van der Waals surface area contributed by atoms with Crippen LogP contribution in [0.2, 0.25) is 15.1 Å². The Bertz CT molecular complexity index is 1820. The average Bonchev–Trinajstić information content (AvgIpc) is 3.85. The lowest BCUT2D eigenvalue weighted by molar-refractivity contribution is -0.139. The molecule has 0 unspecified atom stereocenters. The molecule has 3 amide bonds. The molecule has 3 aromatic rings. The van der Waals surface area contributed by atoms with E-state index in [4.69, 9.17) is 49.3 Å². The highest BCUT2D eigenvalue weighted by molar-refractivity contribution is 6.37. The second-order valence-electron chi connectivity index (χ2n) is 15.7. The molecule has 6 rings (SSSR count). The lowest BCUT2D eigenvalue weighted by Gasteiger charge is -2.40. The van der Waals surface area contributed by atoms with Crippen molar-refractivity contribution in [2.45, 2.75) is 96.9 Å². The number of aryl methyl sites for hydroxylation is 1. The number of hydrogen-bond acceptors (Lipinski definition) is 7. The van der Waals surface area contributed by atoms with Crippen molar-refractivity contribution < 1.29 is 23.9 Å². The van der Waals surface area contributed by atoms with E-state index >= 15 is 0 Å². The largest absolute Gasteiger partial charge is 0.485 e. The molecule has 0 radical (unpaired) electrons. The highest BCUT2D eigenvalue weighted by atomic mass is 35.5. The van der Waals surface area contributed by atoms with Gasteiger partial charge >= 0.3 is 6.09 Å². The molecule has 2 aliphatic heterocycles. The van der Waals surface area contributed by atoms with Crippen LogP contribution in [0.4, 0.5) is 10.6 Å². The molecule has 2 saturated heterocycles. The van der Waals surface area contributed by atoms with Gasteiger partial charge in [0.1, 0.15) is 17.5 Å². The highest BCUT2D eigenvalue weighted by Crippen LogP contribution is 2.40. The lowest BCUT2D eigenvalue weighted by Crippen LogP contribution is -2.51. The Labute approximate surface area is 333 Å². The number of piperidine rings is 1. The molecule has 3 atom stereocenters. The zero-order valence-electron chi connectivity index (χ0n) is 31.7. The molecule has 3 fully saturated rings. The van der Waals surface area contributed by atoms with Crippen molar-refractivity contribution in [1.82, 2.24) is 20.1 Å². The van der Waals surface area contributed by atoms with Crippen LogP contribution in [0.15, 0.2) is 48.7 Å². The summed E-state index contributed by atoms with van der Waals surface area (Å²) in [6, 6.07) is 13.4. The third kappa shape index (κ3) is 9.92. The molecule has 54 heavy (non-hydrogen) atoms. The second kappa shape index (κ2) is 17.0. The van der Waals surface area contributed by atoms with Crippen LogP contribution in [0.1, 0.15) is 81.5 Å². The molecule has 1 N–H and O–H groups in total. The summed E-state index contributed by atoms with van der Waals surface area (Å²) in [6.45, 7) is 12.3. The standard InChI is InChI=1S/C41H50Cl3N5O5/c1-6-45-37(50)20-26-7-11-33(42)28(19-26)22-49(29-9-10-29)39(51)32-24-48(40(52)54-41(3,4)5)16-14-31(32)27-8-12-36(46-21-27)47-15-13-30(23-47)53-38-34(43)17-25(2)18-35(38)44/h7-8,11-12,17-19,21,29-32H,6,9-10,13-16,20,22-24H2,1-5H3,(H,45,50)/t30-,31-,32+/m0/s1. The molecule has 1 aliphatic carbocycles. The van der Waals surface area contributed by atoms with Crippen molar-refractivity contribution in [3.8, 4) is 5.75 Å². The van der Waals surface area contributed by atoms with E-state index in [-0.39, 0.29) is 42.8 Å². The fourth-order valence-corrected chi connectivity index (χ4v) is 8.23. The first-order chi connectivity index (χ1) is 25.7. The first-order valence-electron chi connectivity index (χ1n) is 18.8. The van der Waals surface area contributed by atoms with E-state index in [1.54, 1.807) is 11.0 Å². The smallest absolute Gasteiger partial charge is 0.410 e. The fourth-order valence-electron chi connectivity index (χ4n) is 7.37. The predicted octanol–water partition coefficient (Wildman–Crippen LogP) is 8.22. The van der Waals surface area contributed by atoms with Gasteiger partial charge in [-0.15, -0.1) is 0 Å². The molecule has 0 spiro atoms. The number of ether oxygens (including phenoxy) is 2. The van der Waals surface area contributed by atoms with Gasteiger partial charge in [0.15, 0.2) is 5.75 Å². The maximum absolute atomic E-state index is 14.8. The Morgan fingerprint density at radius 1 is 0.944 bits per heavy atom. The highest BCUT2D eigenvalue weighted by Gasteiger charge is 2.43. The molecule has 13 heteroatoms. The Morgan fingerprint density at radius 3 is 2.33 bits per heavy atom. The summed E-state index contributed by atoms with van der Waals surface area (Å²) in [6.07, 6.45) is 4.74. The van der Waals surface area contributed by atoms with Crippen LogP contribution in [-0.2, 0) is 27.3 Å². The van der Waals surface area contributed by atoms with E-state index in [0.717, 1.165) is 53.9 Å². The molecule has 2 aromatic carbocycles. The van der Waals surface area contributed by atoms with Crippen LogP contribution in [0.25, 0.3) is 0 Å². The van der Waals surface area contributed by atoms with Gasteiger partial charge in [-0.3, -0.25) is 9.59 Å². The number of carbonyl (C=O) groups excluding carboxylic acids is 3. The molecule has 0 bridgehead atoms. The zero-order chi connectivity index (χ0) is 38.7. The summed E-state index contributed by atoms with van der Waals surface area (Å²) in [5.41, 5.74) is 2.88. The van der Waals surface area contributed by atoms with Gasteiger partial charge in [-0.05, 0) is 100 Å². The van der Waals surface area contributed by atoms with Gasteiger partial charge in [0.2, 0.25) is 11.8 Å². The number of nitrogens with zero attached hydrogens (tertiary/aromatic N) is 4. The van der Waals surface area contributed by atoms with Gasteiger partial charge in [0.25, 0.3) is 0 Å². The minimum atomic E-state index is -0.665. The average molecular weight is 799 g/mol. The van der Waals surface area contributed by atoms with Gasteiger partial charge in [0.05, 0.1) is 28.9 Å². The molecule has 1 aromatic heterocycles. The topological polar surface area (TPSA) is 104 Å². The van der Waals surface area contributed by atoms with Crippen molar-refractivity contribution in [3.63, 3.8) is 0 Å². The summed E-state index contributed by atoms with van der Waals surface area (Å²) in [5, 5.41) is 4.38. The maximum atomic E-state index is 14.8. The number of rotatable bonds is 11. The van der Waals surface area contributed by atoms with Crippen LogP contribution in [0.3, 0.4) is 0 Å². The van der Waals surface area contributed by atoms with Crippen LogP contribution in [0, 0.1) is 12.8 Å². The number of likely N-dealkylation sites (N-methyl/N-ethyl adjacent to an activating group) is 1. The third-order valence-electron chi connectivity index (χ3n) is 10.1. The summed E-state index contributed by atoms with van der Waals surface area (Å²) < 4.78 is 12.0. The number of benzene rings is 2. The van der Waals surface area contributed by atoms with Crippen LogP contribution < -0.4 is 15.0 Å². The number of aromatic nitrogens is 1. The summed E-state index contributed by atoms with van der Waals surface area (Å²) in [4.78, 5) is 51.1. The van der Waals surface area contributed by atoms with Crippen LogP contribution >= 0.6 is 34.8 Å². The van der Waals surface area contributed by atoms with Crippen molar-refractivity contribution in [2.24, 2.45) is 5.92 Å². The van der Waals surface area contributed by atoms with E-state index in [2.05, 4.69) is 16.3 Å². The number of carbonyl (C=O) groups is 3. The van der Waals surface area contributed by atoms with Gasteiger partial charge in [-0.1, -0.05) is 53.0 Å². The first kappa shape index (κ1) is 39.9. The van der Waals surface area contributed by atoms with Crippen LogP contribution in [-0.4, -0.2) is 83.2 Å². The van der Waals surface area contributed by atoms with Gasteiger partial charge in [0, 0.05) is 62.3 Å². The molecule has 3 heterocycles. The van der Waals surface area contributed by atoms with Crippen molar-refractivity contribution in [1.29, 1.82) is 0 Å². The third-order valence-corrected chi connectivity index (χ3v) is 11.1. The molecule has 1 saturated carbocycles. The Morgan fingerprint density at radius 2 is 1.69 bits per heavy atom. The number of likely N-dealkylation sites (tertiary alicyclic amines) is 1. The lowest BCUT2D eigenvalue weighted by atomic mass is 9.80. The van der Waals surface area contributed by atoms with Crippen molar-refractivity contribution in [2.75, 3.05) is 37.6 Å². The fraction of sp³-hybridized carbons (Fsp3) is 0.512. The molecule has 10 nitrogen and oxygen atoms in total. The van der Waals surface area contributed by atoms with E-state index in [1.165, 1.54) is 0 Å². The predicted molar refractivity (Wildman–Crippen MR) is 213 cm³/mol. The van der Waals surface area contributed by atoms with E-state index in [1.807, 2.05) is 76.0 Å². The number of halogens is 3. The van der Waals surface area contributed by atoms with Crippen molar-refractivity contribution in [3.05, 3.63) is 86.0 Å². The number of hydrogen-bond donors (Lipinski definition) is 1. The summed E-state index contributed by atoms with van der Waals surface area (Å²) >= 11 is 19.6. The van der Waals surface area contributed by atoms with E-state index < -0.39 is 17.6 Å². The monoisotopic (exact) mass is 797 g/mol. The number of nitrogens with one attached hydrogen (secondary N) is 1. The van der Waals surface area contributed by atoms with Gasteiger partial charge < -0.3 is 29.5 Å². The Balaban J connectivity index is 1.21. The Kier molecular flexibility index (Phi) is 12.5. The minimum absolute atomic E-state index is 0.0296. The van der Waals surface area contributed by atoms with E-state index in [0.29, 0.717) is 53.4 Å². The molecule has 3 aliphatic rings. The molecular formula is C41H50Cl3N5O5. The SMILES string of the molecule is CCNC(=O)Cc1ccc(Cl)c(CN(C(=O)[C@@H]2CN(C(=O)OC(C)(C)C)CC[C@H]2c2ccc(N3CC[C@H](Oc4c(Cl)cc(C)cc4Cl)C3)nc2)C2CC2)c1. The first-order valence-corrected chi connectivity index (χ1v) is 20.0. The number of amides is 3.